The lowest BCUT2D eigenvalue weighted by Gasteiger charge is -2.10. The average molecular weight is 350 g/mol. The van der Waals surface area contributed by atoms with E-state index in [1.54, 1.807) is 0 Å². The van der Waals surface area contributed by atoms with Gasteiger partial charge in [0.05, 0.1) is 6.61 Å². The summed E-state index contributed by atoms with van der Waals surface area (Å²) in [5, 5.41) is 0.782. The first kappa shape index (κ1) is 12.4. The van der Waals surface area contributed by atoms with Gasteiger partial charge in [-0.3, -0.25) is 0 Å². The number of rotatable bonds is 6. The van der Waals surface area contributed by atoms with E-state index in [9.17, 15) is 0 Å². The van der Waals surface area contributed by atoms with Gasteiger partial charge in [-0.25, -0.2) is 0 Å². The number of halogens is 2. The van der Waals surface area contributed by atoms with E-state index in [2.05, 4.69) is 31.9 Å². The highest BCUT2D eigenvalue weighted by atomic mass is 79.9. The van der Waals surface area contributed by atoms with Gasteiger partial charge in [0.25, 0.3) is 0 Å². The van der Waals surface area contributed by atoms with Crippen LogP contribution in [0.3, 0.4) is 0 Å². The molecule has 0 aromatic heterocycles. The lowest BCUT2D eigenvalue weighted by Crippen LogP contribution is -2.06. The zero-order valence-electron chi connectivity index (χ0n) is 8.92. The van der Waals surface area contributed by atoms with Crippen LogP contribution in [-0.2, 0) is 10.1 Å². The van der Waals surface area contributed by atoms with Crippen LogP contribution in [0, 0.1) is 5.92 Å². The fourth-order valence-corrected chi connectivity index (χ4v) is 2.24. The molecule has 0 aliphatic heterocycles. The van der Waals surface area contributed by atoms with Gasteiger partial charge >= 0.3 is 0 Å². The molecule has 4 heteroatoms. The highest BCUT2D eigenvalue weighted by Gasteiger charge is 2.21. The number of ether oxygens (including phenoxy) is 2. The van der Waals surface area contributed by atoms with Crippen LogP contribution >= 0.6 is 31.9 Å². The Balaban J connectivity index is 1.82. The first-order chi connectivity index (χ1) is 7.79. The van der Waals surface area contributed by atoms with E-state index in [1.165, 1.54) is 12.8 Å². The highest BCUT2D eigenvalue weighted by molar-refractivity contribution is 9.10. The number of hydrogen-bond donors (Lipinski definition) is 0. The van der Waals surface area contributed by atoms with E-state index in [0.717, 1.165) is 33.6 Å². The van der Waals surface area contributed by atoms with Crippen molar-refractivity contribution in [3.63, 3.8) is 0 Å². The minimum Gasteiger partial charge on any atom is -0.467 e. The molecule has 0 spiro atoms. The average Bonchev–Trinajstić information content (AvgIpc) is 3.09. The van der Waals surface area contributed by atoms with Crippen molar-refractivity contribution in [3.05, 3.63) is 28.2 Å². The van der Waals surface area contributed by atoms with E-state index in [0.29, 0.717) is 6.79 Å². The van der Waals surface area contributed by atoms with Crippen LogP contribution in [0.25, 0.3) is 0 Å². The lowest BCUT2D eigenvalue weighted by atomic mass is 10.2. The van der Waals surface area contributed by atoms with Crippen LogP contribution in [0.1, 0.15) is 18.4 Å². The SMILES string of the molecule is BrCc1cc(Br)ccc1OCOCC1CC1. The minimum atomic E-state index is 0.345. The van der Waals surface area contributed by atoms with Gasteiger partial charge in [0.1, 0.15) is 5.75 Å². The molecule has 0 N–H and O–H groups in total. The molecule has 0 saturated heterocycles. The molecular weight excluding hydrogens is 336 g/mol. The van der Waals surface area contributed by atoms with E-state index in [-0.39, 0.29) is 0 Å². The third-order valence-corrected chi connectivity index (χ3v) is 3.61. The molecule has 16 heavy (non-hydrogen) atoms. The zero-order valence-corrected chi connectivity index (χ0v) is 12.1. The molecule has 2 rings (SSSR count). The fraction of sp³-hybridized carbons (Fsp3) is 0.500. The second-order valence-electron chi connectivity index (χ2n) is 3.96. The molecule has 88 valence electrons. The van der Waals surface area contributed by atoms with Gasteiger partial charge in [-0.15, -0.1) is 0 Å². The summed E-state index contributed by atoms with van der Waals surface area (Å²) in [7, 11) is 0. The van der Waals surface area contributed by atoms with Crippen LogP contribution < -0.4 is 4.74 Å². The second-order valence-corrected chi connectivity index (χ2v) is 5.44. The Hall–Kier alpha value is -0.0600. The Morgan fingerprint density at radius 3 is 2.81 bits per heavy atom. The van der Waals surface area contributed by atoms with Crippen molar-refractivity contribution >= 4 is 31.9 Å². The zero-order chi connectivity index (χ0) is 11.4. The van der Waals surface area contributed by atoms with Gasteiger partial charge in [0.2, 0.25) is 0 Å². The van der Waals surface area contributed by atoms with Crippen molar-refractivity contribution in [1.29, 1.82) is 0 Å². The standard InChI is InChI=1S/C12H14Br2O2/c13-6-10-5-11(14)3-4-12(10)16-8-15-7-9-1-2-9/h3-5,9H,1-2,6-8H2. The molecule has 1 aliphatic rings. The molecular formula is C12H14Br2O2. The van der Waals surface area contributed by atoms with Crippen LogP contribution in [0.2, 0.25) is 0 Å². The van der Waals surface area contributed by atoms with Gasteiger partial charge in [0.15, 0.2) is 6.79 Å². The Labute approximate surface area is 113 Å². The quantitative estimate of drug-likeness (QED) is 0.437. The normalized spacial score (nSPS) is 15.1. The smallest absolute Gasteiger partial charge is 0.189 e. The molecule has 1 aromatic carbocycles. The maximum Gasteiger partial charge on any atom is 0.189 e. The summed E-state index contributed by atoms with van der Waals surface area (Å²) in [4.78, 5) is 0. The van der Waals surface area contributed by atoms with Gasteiger partial charge in [-0.05, 0) is 37.0 Å². The Morgan fingerprint density at radius 1 is 1.31 bits per heavy atom. The molecule has 0 heterocycles. The molecule has 1 saturated carbocycles. The van der Waals surface area contributed by atoms with Crippen LogP contribution in [0.4, 0.5) is 0 Å². The third-order valence-electron chi connectivity index (χ3n) is 2.51. The highest BCUT2D eigenvalue weighted by Crippen LogP contribution is 2.29. The summed E-state index contributed by atoms with van der Waals surface area (Å²) in [6.07, 6.45) is 2.62. The third kappa shape index (κ3) is 3.75. The first-order valence-corrected chi connectivity index (χ1v) is 7.26. The largest absolute Gasteiger partial charge is 0.467 e. The molecule has 0 radical (unpaired) electrons. The van der Waals surface area contributed by atoms with Crippen molar-refractivity contribution < 1.29 is 9.47 Å². The second kappa shape index (κ2) is 6.03. The summed E-state index contributed by atoms with van der Waals surface area (Å²) in [5.74, 6) is 1.67. The summed E-state index contributed by atoms with van der Waals surface area (Å²) >= 11 is 6.88. The lowest BCUT2D eigenvalue weighted by molar-refractivity contribution is 0.00958. The van der Waals surface area contributed by atoms with Crippen molar-refractivity contribution in [1.82, 2.24) is 0 Å². The molecule has 1 aliphatic carbocycles. The number of alkyl halides is 1. The van der Waals surface area contributed by atoms with Crippen molar-refractivity contribution in [3.8, 4) is 5.75 Å². The maximum absolute atomic E-state index is 5.59. The van der Waals surface area contributed by atoms with Gasteiger partial charge in [0, 0.05) is 15.4 Å². The summed E-state index contributed by atoms with van der Waals surface area (Å²) in [6.45, 7) is 1.18. The molecule has 1 aromatic rings. The van der Waals surface area contributed by atoms with Crippen LogP contribution in [0.15, 0.2) is 22.7 Å². The van der Waals surface area contributed by atoms with Crippen molar-refractivity contribution in [2.24, 2.45) is 5.92 Å². The first-order valence-electron chi connectivity index (χ1n) is 5.34. The van der Waals surface area contributed by atoms with E-state index in [4.69, 9.17) is 9.47 Å². The summed E-state index contributed by atoms with van der Waals surface area (Å²) in [5.41, 5.74) is 1.13. The maximum atomic E-state index is 5.59. The van der Waals surface area contributed by atoms with E-state index in [1.807, 2.05) is 18.2 Å². The molecule has 0 amide bonds. The van der Waals surface area contributed by atoms with Crippen molar-refractivity contribution in [2.45, 2.75) is 18.2 Å². The van der Waals surface area contributed by atoms with Crippen molar-refractivity contribution in [2.75, 3.05) is 13.4 Å². The minimum absolute atomic E-state index is 0.345. The molecule has 0 atom stereocenters. The molecule has 0 unspecified atom stereocenters. The summed E-state index contributed by atoms with van der Waals surface area (Å²) < 4.78 is 12.1. The summed E-state index contributed by atoms with van der Waals surface area (Å²) in [6, 6.07) is 5.98. The topological polar surface area (TPSA) is 18.5 Å². The van der Waals surface area contributed by atoms with E-state index >= 15 is 0 Å². The monoisotopic (exact) mass is 348 g/mol. The Bertz CT molecular complexity index is 351. The van der Waals surface area contributed by atoms with Gasteiger partial charge < -0.3 is 9.47 Å². The number of benzene rings is 1. The molecule has 0 bridgehead atoms. The van der Waals surface area contributed by atoms with Gasteiger partial charge in [-0.2, -0.15) is 0 Å². The Kier molecular flexibility index (Phi) is 4.67. The predicted octanol–water partition coefficient (Wildman–Crippen LogP) is 4.11. The van der Waals surface area contributed by atoms with Gasteiger partial charge in [-0.1, -0.05) is 31.9 Å². The predicted molar refractivity (Wildman–Crippen MR) is 70.9 cm³/mol. The van der Waals surface area contributed by atoms with E-state index < -0.39 is 0 Å². The molecule has 2 nitrogen and oxygen atoms in total. The fourth-order valence-electron chi connectivity index (χ4n) is 1.40. The molecule has 1 fully saturated rings. The van der Waals surface area contributed by atoms with Crippen LogP contribution in [-0.4, -0.2) is 13.4 Å². The Morgan fingerprint density at radius 2 is 2.12 bits per heavy atom. The van der Waals surface area contributed by atoms with Crippen LogP contribution in [0.5, 0.6) is 5.75 Å². The number of hydrogen-bond acceptors (Lipinski definition) is 2.